The quantitative estimate of drug-likeness (QED) is 0.179. The van der Waals surface area contributed by atoms with Crippen molar-refractivity contribution in [3.05, 3.63) is 176 Å². The van der Waals surface area contributed by atoms with Crippen molar-refractivity contribution >= 4 is 75.8 Å². The Morgan fingerprint density at radius 3 is 1.80 bits per heavy atom. The molecule has 0 N–H and O–H groups in total. The Hall–Kier alpha value is -6.84. The zero-order valence-corrected chi connectivity index (χ0v) is 27.6. The van der Waals surface area contributed by atoms with Crippen LogP contribution in [0.5, 0.6) is 0 Å². The fourth-order valence-electron chi connectivity index (χ4n) is 8.29. The minimum atomic E-state index is 0.723. The number of para-hydroxylation sites is 2. The van der Waals surface area contributed by atoms with Crippen molar-refractivity contribution in [2.75, 3.05) is 0 Å². The van der Waals surface area contributed by atoms with Crippen molar-refractivity contribution in [1.82, 2.24) is 14.5 Å². The zero-order chi connectivity index (χ0) is 33.5. The van der Waals surface area contributed by atoms with Crippen LogP contribution < -0.4 is 0 Å². The first-order chi connectivity index (χ1) is 25.3. The Morgan fingerprint density at radius 2 is 0.980 bits per heavy atom. The summed E-state index contributed by atoms with van der Waals surface area (Å²) in [4.78, 5) is 10.6. The van der Waals surface area contributed by atoms with Crippen molar-refractivity contribution in [2.45, 2.75) is 0 Å². The van der Waals surface area contributed by atoms with Gasteiger partial charge < -0.3 is 4.57 Å². The summed E-state index contributed by atoms with van der Waals surface area (Å²) < 4.78 is 2.44. The van der Waals surface area contributed by atoms with Gasteiger partial charge in [0.15, 0.2) is 5.82 Å². The Balaban J connectivity index is 1.27. The first kappa shape index (κ1) is 28.0. The predicted octanol–water partition coefficient (Wildman–Crippen LogP) is 12.7. The highest BCUT2D eigenvalue weighted by molar-refractivity contribution is 6.33. The lowest BCUT2D eigenvalue weighted by atomic mass is 9.91. The number of aromatic nitrogens is 3. The van der Waals surface area contributed by atoms with Gasteiger partial charge >= 0.3 is 0 Å². The highest BCUT2D eigenvalue weighted by Crippen LogP contribution is 2.44. The van der Waals surface area contributed by atoms with Crippen LogP contribution in [0, 0.1) is 0 Å². The molecule has 0 atom stereocenters. The summed E-state index contributed by atoms with van der Waals surface area (Å²) in [6, 6.07) is 63.1. The molecule has 2 aromatic heterocycles. The van der Waals surface area contributed by atoms with Crippen LogP contribution in [0.3, 0.4) is 0 Å². The van der Waals surface area contributed by atoms with E-state index in [1.165, 1.54) is 59.5 Å². The molecule has 0 aliphatic heterocycles. The number of nitrogens with zero attached hydrogens (tertiary/aromatic N) is 3. The minimum absolute atomic E-state index is 0.723. The van der Waals surface area contributed by atoms with Crippen molar-refractivity contribution in [3.8, 4) is 28.3 Å². The van der Waals surface area contributed by atoms with Gasteiger partial charge in [0, 0.05) is 43.7 Å². The molecule has 0 fully saturated rings. The Bertz CT molecular complexity index is 3180. The third kappa shape index (κ3) is 4.12. The normalized spacial score (nSPS) is 11.9. The lowest BCUT2D eigenvalue weighted by Gasteiger charge is -2.16. The first-order valence-electron chi connectivity index (χ1n) is 17.4. The van der Waals surface area contributed by atoms with Crippen molar-refractivity contribution < 1.29 is 0 Å². The average molecular weight is 648 g/mol. The molecule has 3 heteroatoms. The molecule has 0 aliphatic carbocycles. The molecule has 0 radical (unpaired) electrons. The van der Waals surface area contributed by atoms with Gasteiger partial charge in [-0.1, -0.05) is 146 Å². The monoisotopic (exact) mass is 647 g/mol. The largest absolute Gasteiger partial charge is 0.309 e. The Morgan fingerprint density at radius 1 is 0.373 bits per heavy atom. The fourth-order valence-corrected chi connectivity index (χ4v) is 8.29. The van der Waals surface area contributed by atoms with Crippen LogP contribution in [0.25, 0.3) is 104 Å². The lowest BCUT2D eigenvalue weighted by molar-refractivity contribution is 1.19. The Labute approximate surface area is 293 Å². The number of hydrogen-bond donors (Lipinski definition) is 0. The second-order valence-corrected chi connectivity index (χ2v) is 13.3. The van der Waals surface area contributed by atoms with Gasteiger partial charge in [0.1, 0.15) is 0 Å². The van der Waals surface area contributed by atoms with E-state index in [1.54, 1.807) is 0 Å². The van der Waals surface area contributed by atoms with Crippen LogP contribution in [0.2, 0.25) is 0 Å². The number of rotatable bonds is 3. The molecule has 0 unspecified atom stereocenters. The van der Waals surface area contributed by atoms with E-state index >= 15 is 0 Å². The molecule has 11 rings (SSSR count). The molecule has 2 heterocycles. The maximum Gasteiger partial charge on any atom is 0.160 e. The van der Waals surface area contributed by atoms with E-state index in [4.69, 9.17) is 9.97 Å². The summed E-state index contributed by atoms with van der Waals surface area (Å²) in [5.74, 6) is 0.723. The second kappa shape index (κ2) is 10.8. The molecular weight excluding hydrogens is 619 g/mol. The highest BCUT2D eigenvalue weighted by Gasteiger charge is 2.20. The van der Waals surface area contributed by atoms with Crippen LogP contribution >= 0.6 is 0 Å². The lowest BCUT2D eigenvalue weighted by Crippen LogP contribution is -1.97. The summed E-state index contributed by atoms with van der Waals surface area (Å²) in [6.07, 6.45) is 0. The molecule has 0 spiro atoms. The molecule has 11 aromatic rings. The summed E-state index contributed by atoms with van der Waals surface area (Å²) in [7, 11) is 0. The summed E-state index contributed by atoms with van der Waals surface area (Å²) >= 11 is 0. The maximum atomic E-state index is 5.33. The predicted molar refractivity (Wildman–Crippen MR) is 215 cm³/mol. The van der Waals surface area contributed by atoms with E-state index in [0.717, 1.165) is 44.6 Å². The number of benzene rings is 9. The molecule has 9 aromatic carbocycles. The van der Waals surface area contributed by atoms with Crippen molar-refractivity contribution in [1.29, 1.82) is 0 Å². The van der Waals surface area contributed by atoms with E-state index in [2.05, 4.69) is 180 Å². The minimum Gasteiger partial charge on any atom is -0.309 e. The van der Waals surface area contributed by atoms with Crippen LogP contribution in [-0.2, 0) is 0 Å². The van der Waals surface area contributed by atoms with Crippen molar-refractivity contribution in [2.24, 2.45) is 0 Å². The number of fused-ring (bicyclic) bond motifs is 13. The van der Waals surface area contributed by atoms with E-state index < -0.39 is 0 Å². The van der Waals surface area contributed by atoms with Crippen molar-refractivity contribution in [3.63, 3.8) is 0 Å². The van der Waals surface area contributed by atoms with Gasteiger partial charge in [-0.15, -0.1) is 0 Å². The molecule has 3 nitrogen and oxygen atoms in total. The molecule has 236 valence electrons. The maximum absolute atomic E-state index is 5.33. The van der Waals surface area contributed by atoms with Gasteiger partial charge in [0.2, 0.25) is 0 Å². The van der Waals surface area contributed by atoms with Crippen LogP contribution in [0.1, 0.15) is 0 Å². The van der Waals surface area contributed by atoms with E-state index in [-0.39, 0.29) is 0 Å². The van der Waals surface area contributed by atoms with Crippen LogP contribution in [0.4, 0.5) is 0 Å². The Kier molecular flexibility index (Phi) is 5.96. The zero-order valence-electron chi connectivity index (χ0n) is 27.6. The molecule has 0 amide bonds. The summed E-state index contributed by atoms with van der Waals surface area (Å²) in [5.41, 5.74) is 7.56. The third-order valence-electron chi connectivity index (χ3n) is 10.5. The van der Waals surface area contributed by atoms with Gasteiger partial charge in [0.05, 0.1) is 22.2 Å². The molecule has 0 saturated heterocycles. The van der Waals surface area contributed by atoms with E-state index in [1.807, 2.05) is 0 Å². The second-order valence-electron chi connectivity index (χ2n) is 13.3. The van der Waals surface area contributed by atoms with Gasteiger partial charge in [-0.05, 0) is 62.6 Å². The molecular formula is C48H29N3. The summed E-state index contributed by atoms with van der Waals surface area (Å²) in [5, 5.41) is 13.2. The summed E-state index contributed by atoms with van der Waals surface area (Å²) in [6.45, 7) is 0. The third-order valence-corrected chi connectivity index (χ3v) is 10.5. The van der Waals surface area contributed by atoms with Gasteiger partial charge in [0.25, 0.3) is 0 Å². The van der Waals surface area contributed by atoms with Gasteiger partial charge in [-0.25, -0.2) is 9.97 Å². The topological polar surface area (TPSA) is 30.7 Å². The van der Waals surface area contributed by atoms with Gasteiger partial charge in [-0.3, -0.25) is 0 Å². The van der Waals surface area contributed by atoms with E-state index in [9.17, 15) is 0 Å². The van der Waals surface area contributed by atoms with Crippen LogP contribution in [0.15, 0.2) is 176 Å². The van der Waals surface area contributed by atoms with Gasteiger partial charge in [-0.2, -0.15) is 0 Å². The SMILES string of the molecule is c1ccc(-c2nc(-c3ccc4c(c3)c3ccccc3c3ccc5c6ccccc6n(-c6ccccc6)c5c34)nc3c2ccc2ccccc23)cc1. The standard InChI is InChI=1S/C48H29N3/c1-3-14-31(15-4-1)45-41-26-23-30-13-7-8-18-34(30)46(41)50-48(49-45)32-24-25-39-42(29-32)36-20-10-9-19-35(36)38-27-28-40-37-21-11-12-22-43(37)51(47(40)44(38)39)33-16-5-2-6-17-33/h1-29H. The van der Waals surface area contributed by atoms with E-state index in [0.29, 0.717) is 0 Å². The van der Waals surface area contributed by atoms with Crippen LogP contribution in [-0.4, -0.2) is 14.5 Å². The molecule has 0 saturated carbocycles. The molecule has 0 bridgehead atoms. The highest BCUT2D eigenvalue weighted by atomic mass is 15.0. The first-order valence-corrected chi connectivity index (χ1v) is 17.4. The molecule has 0 aliphatic rings. The number of hydrogen-bond acceptors (Lipinski definition) is 2. The fraction of sp³-hybridized carbons (Fsp3) is 0. The molecule has 51 heavy (non-hydrogen) atoms. The smallest absolute Gasteiger partial charge is 0.160 e. The average Bonchev–Trinajstić information content (AvgIpc) is 3.55.